The summed E-state index contributed by atoms with van der Waals surface area (Å²) >= 11 is 0. The second kappa shape index (κ2) is 8.66. The van der Waals surface area contributed by atoms with Gasteiger partial charge in [0.25, 0.3) is 0 Å². The van der Waals surface area contributed by atoms with Gasteiger partial charge in [-0.1, -0.05) is 12.1 Å². The van der Waals surface area contributed by atoms with Crippen LogP contribution in [0.1, 0.15) is 16.8 Å². The van der Waals surface area contributed by atoms with Gasteiger partial charge in [0.15, 0.2) is 5.82 Å². The fourth-order valence-electron chi connectivity index (χ4n) is 3.49. The maximum atomic E-state index is 13.5. The first-order valence-electron chi connectivity index (χ1n) is 10.3. The van der Waals surface area contributed by atoms with Gasteiger partial charge in [0.2, 0.25) is 0 Å². The summed E-state index contributed by atoms with van der Waals surface area (Å²) in [6.07, 6.45) is -5.17. The summed E-state index contributed by atoms with van der Waals surface area (Å²) in [5.41, 5.74) is -1.50. The Labute approximate surface area is 198 Å². The van der Waals surface area contributed by atoms with E-state index in [9.17, 15) is 26.3 Å². The van der Waals surface area contributed by atoms with Gasteiger partial charge in [-0.2, -0.15) is 41.6 Å². The van der Waals surface area contributed by atoms with Crippen molar-refractivity contribution in [3.05, 3.63) is 83.9 Å². The number of nitrogens with zero attached hydrogens (tertiary/aromatic N) is 7. The number of hydrogen-bond donors (Lipinski definition) is 0. The first kappa shape index (κ1) is 23.3. The van der Waals surface area contributed by atoms with Crippen LogP contribution in [-0.4, -0.2) is 34.9 Å². The largest absolute Gasteiger partial charge is 0.417 e. The molecule has 0 saturated carbocycles. The number of aromatic nitrogens is 7. The molecular formula is C23H13F6N7. The number of fused-ring (bicyclic) bond motifs is 1. The molecule has 0 aliphatic carbocycles. The lowest BCUT2D eigenvalue weighted by Crippen LogP contribution is -2.13. The zero-order valence-corrected chi connectivity index (χ0v) is 18.0. The third kappa shape index (κ3) is 4.72. The third-order valence-corrected chi connectivity index (χ3v) is 5.18. The molecule has 0 N–H and O–H groups in total. The Balaban J connectivity index is 1.40. The topological polar surface area (TPSA) is 82.3 Å². The van der Waals surface area contributed by atoms with E-state index in [-0.39, 0.29) is 18.3 Å². The second-order valence-corrected chi connectivity index (χ2v) is 7.67. The summed E-state index contributed by atoms with van der Waals surface area (Å²) in [6.45, 7) is 0.119. The molecule has 0 amide bonds. The Morgan fingerprint density at radius 3 is 2.22 bits per heavy atom. The van der Waals surface area contributed by atoms with Gasteiger partial charge in [-0.3, -0.25) is 9.67 Å². The summed E-state index contributed by atoms with van der Waals surface area (Å²) in [5, 5.41) is 12.0. The Kier molecular flexibility index (Phi) is 5.61. The highest BCUT2D eigenvalue weighted by Gasteiger charge is 2.38. The van der Waals surface area contributed by atoms with E-state index in [0.29, 0.717) is 34.7 Å². The van der Waals surface area contributed by atoms with Crippen molar-refractivity contribution in [3.63, 3.8) is 0 Å². The number of pyridine rings is 1. The molecule has 182 valence electrons. The van der Waals surface area contributed by atoms with Crippen LogP contribution in [0.5, 0.6) is 0 Å². The molecule has 7 nitrogen and oxygen atoms in total. The monoisotopic (exact) mass is 501 g/mol. The smallest absolute Gasteiger partial charge is 0.264 e. The quantitative estimate of drug-likeness (QED) is 0.308. The van der Waals surface area contributed by atoms with Crippen LogP contribution in [0.15, 0.2) is 67.1 Å². The highest BCUT2D eigenvalue weighted by Crippen LogP contribution is 2.40. The van der Waals surface area contributed by atoms with E-state index in [2.05, 4.69) is 30.2 Å². The number of rotatable bonds is 4. The van der Waals surface area contributed by atoms with E-state index in [1.165, 1.54) is 23.0 Å². The lowest BCUT2D eigenvalue weighted by Gasteiger charge is -2.15. The van der Waals surface area contributed by atoms with Crippen LogP contribution < -0.4 is 0 Å². The van der Waals surface area contributed by atoms with Gasteiger partial charge in [0, 0.05) is 11.8 Å². The normalized spacial score (nSPS) is 12.3. The predicted molar refractivity (Wildman–Crippen MR) is 114 cm³/mol. The molecule has 0 saturated heterocycles. The fourth-order valence-corrected chi connectivity index (χ4v) is 3.49. The van der Waals surface area contributed by atoms with E-state index < -0.39 is 29.0 Å². The number of hydrogen-bond acceptors (Lipinski definition) is 6. The molecule has 2 aliphatic rings. The van der Waals surface area contributed by atoms with Gasteiger partial charge in [-0.25, -0.2) is 9.97 Å². The Morgan fingerprint density at radius 2 is 1.56 bits per heavy atom. The molecule has 0 radical (unpaired) electrons. The Morgan fingerprint density at radius 1 is 0.750 bits per heavy atom. The van der Waals surface area contributed by atoms with E-state index in [1.54, 1.807) is 24.5 Å². The van der Waals surface area contributed by atoms with Crippen molar-refractivity contribution < 1.29 is 26.3 Å². The zero-order valence-electron chi connectivity index (χ0n) is 18.0. The van der Waals surface area contributed by atoms with Crippen molar-refractivity contribution in [1.29, 1.82) is 0 Å². The predicted octanol–water partition coefficient (Wildman–Crippen LogP) is 5.38. The molecule has 0 atom stereocenters. The highest BCUT2D eigenvalue weighted by atomic mass is 19.4. The molecule has 0 bridgehead atoms. The van der Waals surface area contributed by atoms with Crippen LogP contribution in [0, 0.1) is 0 Å². The molecule has 0 unspecified atom stereocenters. The van der Waals surface area contributed by atoms with Crippen molar-refractivity contribution in [2.75, 3.05) is 0 Å². The highest BCUT2D eigenvalue weighted by molar-refractivity contribution is 5.65. The number of halogens is 6. The van der Waals surface area contributed by atoms with Crippen LogP contribution in [0.25, 0.3) is 34.2 Å². The minimum absolute atomic E-state index is 0.0695. The molecule has 36 heavy (non-hydrogen) atoms. The number of benzene rings is 1. The van der Waals surface area contributed by atoms with Gasteiger partial charge < -0.3 is 0 Å². The van der Waals surface area contributed by atoms with Crippen molar-refractivity contribution in [3.8, 4) is 34.2 Å². The van der Waals surface area contributed by atoms with E-state index in [4.69, 9.17) is 0 Å². The Hall–Kier alpha value is -4.42. The lowest BCUT2D eigenvalue weighted by molar-refractivity contribution is -0.142. The SMILES string of the molecule is FC(F)(F)c1ccc(-c2ccc(Cn3cc4nc(-c5ccccn5)nc-4cn3)nn2)c(C(F)(F)F)c1. The minimum Gasteiger partial charge on any atom is -0.264 e. The van der Waals surface area contributed by atoms with Gasteiger partial charge >= 0.3 is 12.4 Å². The molecule has 0 spiro atoms. The van der Waals surface area contributed by atoms with Crippen LogP contribution in [0.3, 0.4) is 0 Å². The first-order chi connectivity index (χ1) is 17.1. The summed E-state index contributed by atoms with van der Waals surface area (Å²) in [6, 6.07) is 9.44. The van der Waals surface area contributed by atoms with Crippen molar-refractivity contribution in [1.82, 2.24) is 34.9 Å². The number of imidazole rings is 1. The first-order valence-corrected chi connectivity index (χ1v) is 10.3. The van der Waals surface area contributed by atoms with E-state index >= 15 is 0 Å². The Bertz CT molecular complexity index is 1480. The summed E-state index contributed by atoms with van der Waals surface area (Å²) in [4.78, 5) is 13.0. The lowest BCUT2D eigenvalue weighted by atomic mass is 10.00. The molecule has 5 rings (SSSR count). The van der Waals surface area contributed by atoms with Crippen molar-refractivity contribution in [2.24, 2.45) is 0 Å². The van der Waals surface area contributed by atoms with Crippen LogP contribution in [-0.2, 0) is 18.9 Å². The second-order valence-electron chi connectivity index (χ2n) is 7.67. The van der Waals surface area contributed by atoms with Gasteiger partial charge in [0.05, 0.1) is 41.5 Å². The molecule has 13 heteroatoms. The molecule has 4 heterocycles. The van der Waals surface area contributed by atoms with E-state index in [1.807, 2.05) is 6.07 Å². The number of alkyl halides is 6. The average molecular weight is 501 g/mol. The fraction of sp³-hybridized carbons (Fsp3) is 0.130. The third-order valence-electron chi connectivity index (χ3n) is 5.18. The van der Waals surface area contributed by atoms with Crippen molar-refractivity contribution >= 4 is 0 Å². The molecule has 1 aromatic carbocycles. The average Bonchev–Trinajstić information content (AvgIpc) is 3.27. The maximum absolute atomic E-state index is 13.5. The van der Waals surface area contributed by atoms with Crippen LogP contribution >= 0.6 is 0 Å². The minimum atomic E-state index is -5.01. The zero-order chi connectivity index (χ0) is 25.5. The van der Waals surface area contributed by atoms with Crippen LogP contribution in [0.4, 0.5) is 26.3 Å². The van der Waals surface area contributed by atoms with Gasteiger partial charge in [0.1, 0.15) is 17.1 Å². The molecule has 3 aromatic rings. The van der Waals surface area contributed by atoms with Gasteiger partial charge in [-0.15, -0.1) is 0 Å². The standard InChI is InChI=1S/C23H13F6N7/c24-22(25,26)13-4-6-15(16(9-13)23(27,28)29)17-7-5-14(34-35-17)11-36-12-20-19(10-31-36)32-21(33-20)18-3-1-2-8-30-18/h1-10,12H,11H2. The van der Waals surface area contributed by atoms with Crippen LogP contribution in [0.2, 0.25) is 0 Å². The molecule has 2 aliphatic heterocycles. The van der Waals surface area contributed by atoms with Crippen molar-refractivity contribution in [2.45, 2.75) is 18.9 Å². The molecule has 2 aromatic heterocycles. The summed E-state index contributed by atoms with van der Waals surface area (Å²) in [7, 11) is 0. The maximum Gasteiger partial charge on any atom is 0.417 e. The molecular weight excluding hydrogens is 488 g/mol. The van der Waals surface area contributed by atoms with Gasteiger partial charge in [-0.05, 0) is 36.4 Å². The van der Waals surface area contributed by atoms with E-state index in [0.717, 1.165) is 6.07 Å². The summed E-state index contributed by atoms with van der Waals surface area (Å²) < 4.78 is 80.7. The summed E-state index contributed by atoms with van der Waals surface area (Å²) in [5.74, 6) is 0.436. The molecule has 0 fully saturated rings.